The molecule has 0 radical (unpaired) electrons. The van der Waals surface area contributed by atoms with Crippen LogP contribution in [0.1, 0.15) is 16.8 Å². The van der Waals surface area contributed by atoms with Crippen LogP contribution in [0.25, 0.3) is 16.3 Å². The highest BCUT2D eigenvalue weighted by Crippen LogP contribution is 2.24. The summed E-state index contributed by atoms with van der Waals surface area (Å²) >= 11 is 1.56. The Morgan fingerprint density at radius 2 is 2.00 bits per heavy atom. The van der Waals surface area contributed by atoms with Gasteiger partial charge in [0.15, 0.2) is 0 Å². The Morgan fingerprint density at radius 1 is 1.14 bits per heavy atom. The maximum absolute atomic E-state index is 12.3. The van der Waals surface area contributed by atoms with Crippen molar-refractivity contribution in [2.75, 3.05) is 0 Å². The van der Waals surface area contributed by atoms with Crippen LogP contribution in [0.5, 0.6) is 0 Å². The van der Waals surface area contributed by atoms with E-state index in [4.69, 9.17) is 0 Å². The number of rotatable bonds is 6. The summed E-state index contributed by atoms with van der Waals surface area (Å²) in [5.74, 6) is -0.0476. The Bertz CT molecular complexity index is 1080. The van der Waals surface area contributed by atoms with Crippen molar-refractivity contribution in [3.8, 4) is 16.3 Å². The van der Waals surface area contributed by atoms with Gasteiger partial charge in [0.05, 0.1) is 24.0 Å². The maximum atomic E-state index is 12.3. The molecule has 0 saturated heterocycles. The standard InChI is InChI=1S/C22H20N4OS/c1-16-6-5-7-18(10-16)22-25-19(15-28-22)11-21(27)23-12-17-13-24-26(14-17)20-8-3-2-4-9-20/h2-10,13-15H,11-12H2,1H3,(H,23,27). The summed E-state index contributed by atoms with van der Waals surface area (Å²) in [6.45, 7) is 2.51. The highest BCUT2D eigenvalue weighted by molar-refractivity contribution is 7.13. The van der Waals surface area contributed by atoms with Gasteiger partial charge in [0.2, 0.25) is 5.91 Å². The Kier molecular flexibility index (Phi) is 5.30. The molecule has 0 atom stereocenters. The van der Waals surface area contributed by atoms with Crippen LogP contribution in [0.3, 0.4) is 0 Å². The third-order valence-corrected chi connectivity index (χ3v) is 5.25. The lowest BCUT2D eigenvalue weighted by molar-refractivity contribution is -0.120. The number of nitrogens with one attached hydrogen (secondary N) is 1. The van der Waals surface area contributed by atoms with Crippen LogP contribution >= 0.6 is 11.3 Å². The van der Waals surface area contributed by atoms with Crippen molar-refractivity contribution in [2.24, 2.45) is 0 Å². The number of hydrogen-bond acceptors (Lipinski definition) is 4. The lowest BCUT2D eigenvalue weighted by Gasteiger charge is -2.02. The van der Waals surface area contributed by atoms with E-state index in [9.17, 15) is 4.79 Å². The molecule has 0 bridgehead atoms. The third-order valence-electron chi connectivity index (χ3n) is 4.30. The van der Waals surface area contributed by atoms with Crippen LogP contribution in [0.15, 0.2) is 72.4 Å². The van der Waals surface area contributed by atoms with Crippen molar-refractivity contribution in [3.63, 3.8) is 0 Å². The number of benzene rings is 2. The SMILES string of the molecule is Cc1cccc(-c2nc(CC(=O)NCc3cnn(-c4ccccc4)c3)cs2)c1. The molecule has 4 rings (SSSR count). The second-order valence-corrected chi connectivity index (χ2v) is 7.45. The zero-order chi connectivity index (χ0) is 19.3. The minimum Gasteiger partial charge on any atom is -0.352 e. The number of amides is 1. The molecule has 6 heteroatoms. The van der Waals surface area contributed by atoms with E-state index in [0.29, 0.717) is 6.54 Å². The largest absolute Gasteiger partial charge is 0.352 e. The molecule has 0 aliphatic carbocycles. The first-order valence-corrected chi connectivity index (χ1v) is 9.92. The van der Waals surface area contributed by atoms with E-state index in [0.717, 1.165) is 27.5 Å². The smallest absolute Gasteiger partial charge is 0.226 e. The predicted molar refractivity (Wildman–Crippen MR) is 111 cm³/mol. The summed E-state index contributed by atoms with van der Waals surface area (Å²) in [7, 11) is 0. The first-order chi connectivity index (χ1) is 13.7. The fourth-order valence-electron chi connectivity index (χ4n) is 2.90. The van der Waals surface area contributed by atoms with Crippen molar-refractivity contribution in [3.05, 3.63) is 89.2 Å². The fourth-order valence-corrected chi connectivity index (χ4v) is 3.72. The average Bonchev–Trinajstić information content (AvgIpc) is 3.37. The Hall–Kier alpha value is -3.25. The molecule has 28 heavy (non-hydrogen) atoms. The van der Waals surface area contributed by atoms with Crippen LogP contribution in [0.4, 0.5) is 0 Å². The molecule has 0 aliphatic heterocycles. The summed E-state index contributed by atoms with van der Waals surface area (Å²) in [6, 6.07) is 18.1. The second kappa shape index (κ2) is 8.19. The number of thiazole rings is 1. The van der Waals surface area contributed by atoms with Gasteiger partial charge in [-0.3, -0.25) is 4.79 Å². The van der Waals surface area contributed by atoms with Gasteiger partial charge < -0.3 is 5.32 Å². The summed E-state index contributed by atoms with van der Waals surface area (Å²) < 4.78 is 1.80. The Morgan fingerprint density at radius 3 is 2.82 bits per heavy atom. The Balaban J connectivity index is 1.34. The number of aryl methyl sites for hydroxylation is 1. The highest BCUT2D eigenvalue weighted by Gasteiger charge is 2.10. The van der Waals surface area contributed by atoms with Crippen molar-refractivity contribution in [1.29, 1.82) is 0 Å². The van der Waals surface area contributed by atoms with Gasteiger partial charge in [-0.05, 0) is 25.1 Å². The first kappa shape index (κ1) is 18.1. The van der Waals surface area contributed by atoms with Gasteiger partial charge in [-0.2, -0.15) is 5.10 Å². The zero-order valence-corrected chi connectivity index (χ0v) is 16.3. The molecule has 140 valence electrons. The van der Waals surface area contributed by atoms with E-state index in [1.807, 2.05) is 54.0 Å². The molecule has 1 amide bonds. The lowest BCUT2D eigenvalue weighted by atomic mass is 10.1. The molecule has 2 heterocycles. The molecule has 5 nitrogen and oxygen atoms in total. The molecule has 0 saturated carbocycles. The molecular weight excluding hydrogens is 368 g/mol. The second-order valence-electron chi connectivity index (χ2n) is 6.60. The van der Waals surface area contributed by atoms with Crippen molar-refractivity contribution in [2.45, 2.75) is 19.9 Å². The molecule has 0 spiro atoms. The average molecular weight is 388 g/mol. The zero-order valence-electron chi connectivity index (χ0n) is 15.5. The summed E-state index contributed by atoms with van der Waals surface area (Å²) in [4.78, 5) is 16.9. The van der Waals surface area contributed by atoms with Gasteiger partial charge in [-0.25, -0.2) is 9.67 Å². The normalized spacial score (nSPS) is 10.8. The number of aromatic nitrogens is 3. The van der Waals surface area contributed by atoms with Gasteiger partial charge in [0.25, 0.3) is 0 Å². The van der Waals surface area contributed by atoms with E-state index >= 15 is 0 Å². The molecule has 0 aliphatic rings. The van der Waals surface area contributed by atoms with Crippen LogP contribution < -0.4 is 5.32 Å². The monoisotopic (exact) mass is 388 g/mol. The highest BCUT2D eigenvalue weighted by atomic mass is 32.1. The summed E-state index contributed by atoms with van der Waals surface area (Å²) in [5.41, 5.74) is 5.02. The molecule has 4 aromatic rings. The minimum atomic E-state index is -0.0476. The van der Waals surface area contributed by atoms with Gasteiger partial charge in [-0.15, -0.1) is 11.3 Å². The molecule has 2 aromatic carbocycles. The van der Waals surface area contributed by atoms with Crippen molar-refractivity contribution < 1.29 is 4.79 Å². The number of carbonyl (C=O) groups excluding carboxylic acids is 1. The van der Waals surface area contributed by atoms with E-state index in [1.54, 1.807) is 22.2 Å². The van der Waals surface area contributed by atoms with Crippen LogP contribution in [0.2, 0.25) is 0 Å². The van der Waals surface area contributed by atoms with Crippen LogP contribution in [-0.2, 0) is 17.8 Å². The number of nitrogens with zero attached hydrogens (tertiary/aromatic N) is 3. The van der Waals surface area contributed by atoms with Crippen LogP contribution in [-0.4, -0.2) is 20.7 Å². The first-order valence-electron chi connectivity index (χ1n) is 9.04. The van der Waals surface area contributed by atoms with Gasteiger partial charge in [-0.1, -0.05) is 42.0 Å². The maximum Gasteiger partial charge on any atom is 0.226 e. The van der Waals surface area contributed by atoms with Crippen LogP contribution in [0, 0.1) is 6.92 Å². The van der Waals surface area contributed by atoms with Gasteiger partial charge in [0, 0.05) is 29.2 Å². The van der Waals surface area contributed by atoms with E-state index in [1.165, 1.54) is 5.56 Å². The van der Waals surface area contributed by atoms with Gasteiger partial charge in [0.1, 0.15) is 5.01 Å². The minimum absolute atomic E-state index is 0.0476. The summed E-state index contributed by atoms with van der Waals surface area (Å²) in [6.07, 6.45) is 3.97. The molecular formula is C22H20N4OS. The number of para-hydroxylation sites is 1. The number of carbonyl (C=O) groups is 1. The molecule has 2 aromatic heterocycles. The lowest BCUT2D eigenvalue weighted by Crippen LogP contribution is -2.24. The fraction of sp³-hybridized carbons (Fsp3) is 0.136. The van der Waals surface area contributed by atoms with E-state index in [2.05, 4.69) is 34.5 Å². The quantitative estimate of drug-likeness (QED) is 0.539. The summed E-state index contributed by atoms with van der Waals surface area (Å²) in [5, 5.41) is 10.2. The van der Waals surface area contributed by atoms with E-state index in [-0.39, 0.29) is 12.3 Å². The number of hydrogen-bond donors (Lipinski definition) is 1. The van der Waals surface area contributed by atoms with Gasteiger partial charge >= 0.3 is 0 Å². The van der Waals surface area contributed by atoms with Crippen molar-refractivity contribution >= 4 is 17.2 Å². The molecule has 0 unspecified atom stereocenters. The molecule has 1 N–H and O–H groups in total. The van der Waals surface area contributed by atoms with E-state index < -0.39 is 0 Å². The Labute approximate surface area is 167 Å². The topological polar surface area (TPSA) is 59.8 Å². The third kappa shape index (κ3) is 4.35. The molecule has 0 fully saturated rings. The van der Waals surface area contributed by atoms with Crippen molar-refractivity contribution in [1.82, 2.24) is 20.1 Å². The predicted octanol–water partition coefficient (Wildman–Crippen LogP) is 4.16.